The van der Waals surface area contributed by atoms with Gasteiger partial charge in [0.25, 0.3) is 5.91 Å². The van der Waals surface area contributed by atoms with Crippen LogP contribution < -0.4 is 10.1 Å². The number of thioether (sulfide) groups is 1. The zero-order valence-electron chi connectivity index (χ0n) is 13.2. The van der Waals surface area contributed by atoms with Crippen LogP contribution in [0.1, 0.15) is 16.1 Å². The predicted octanol–water partition coefficient (Wildman–Crippen LogP) is 3.56. The average Bonchev–Trinajstić information content (AvgIpc) is 3.10. The molecular formula is C18H14N4O2S. The quantitative estimate of drug-likeness (QED) is 0.775. The van der Waals surface area contributed by atoms with Crippen molar-refractivity contribution in [2.24, 2.45) is 0 Å². The van der Waals surface area contributed by atoms with Crippen molar-refractivity contribution in [2.45, 2.75) is 11.3 Å². The van der Waals surface area contributed by atoms with Gasteiger partial charge in [-0.1, -0.05) is 12.1 Å². The Bertz CT molecular complexity index is 918. The van der Waals surface area contributed by atoms with Crippen LogP contribution in [0.2, 0.25) is 0 Å². The van der Waals surface area contributed by atoms with E-state index in [-0.39, 0.29) is 5.91 Å². The molecule has 3 heterocycles. The Hall–Kier alpha value is -2.93. The Labute approximate surface area is 148 Å². The van der Waals surface area contributed by atoms with Gasteiger partial charge in [-0.3, -0.25) is 10.1 Å². The lowest BCUT2D eigenvalue weighted by molar-refractivity contribution is 0.102. The Balaban J connectivity index is 1.49. The lowest BCUT2D eigenvalue weighted by Crippen LogP contribution is -2.14. The van der Waals surface area contributed by atoms with Crippen LogP contribution in [0.5, 0.6) is 11.6 Å². The van der Waals surface area contributed by atoms with Gasteiger partial charge >= 0.3 is 0 Å². The van der Waals surface area contributed by atoms with Crippen molar-refractivity contribution in [1.82, 2.24) is 15.0 Å². The standard InChI is InChI=1S/C18H14N4O2S/c23-17(22-18-20-11-15-14(21-18)7-9-25-15)12-4-3-5-13(10-12)24-16-6-1-2-8-19-16/h1-6,8,10-11H,7,9H2,(H,20,21,22,23). The molecule has 3 aromatic rings. The maximum atomic E-state index is 12.5. The molecule has 4 rings (SSSR count). The molecule has 6 nitrogen and oxygen atoms in total. The molecule has 1 aromatic carbocycles. The van der Waals surface area contributed by atoms with Gasteiger partial charge in [0.05, 0.1) is 5.69 Å². The molecule has 0 spiro atoms. The third-order valence-corrected chi connectivity index (χ3v) is 4.67. The zero-order valence-corrected chi connectivity index (χ0v) is 14.0. The number of rotatable bonds is 4. The summed E-state index contributed by atoms with van der Waals surface area (Å²) in [5.41, 5.74) is 1.45. The maximum absolute atomic E-state index is 12.5. The molecule has 0 atom stereocenters. The highest BCUT2D eigenvalue weighted by Crippen LogP contribution is 2.29. The molecule has 7 heteroatoms. The van der Waals surface area contributed by atoms with Gasteiger partial charge in [-0.15, -0.1) is 11.8 Å². The molecule has 0 saturated heterocycles. The molecule has 1 aliphatic rings. The number of nitrogens with zero attached hydrogens (tertiary/aromatic N) is 3. The highest BCUT2D eigenvalue weighted by atomic mass is 32.2. The molecule has 2 aromatic heterocycles. The SMILES string of the molecule is O=C(Nc1ncc2c(n1)CCS2)c1cccc(Oc2ccccn2)c1. The van der Waals surface area contributed by atoms with E-state index in [1.807, 2.05) is 12.1 Å². The highest BCUT2D eigenvalue weighted by molar-refractivity contribution is 7.99. The normalized spacial score (nSPS) is 12.5. The number of ether oxygens (including phenoxy) is 1. The van der Waals surface area contributed by atoms with Gasteiger partial charge in [0, 0.05) is 41.1 Å². The fourth-order valence-corrected chi connectivity index (χ4v) is 3.38. The van der Waals surface area contributed by atoms with Crippen molar-refractivity contribution in [3.8, 4) is 11.6 Å². The van der Waals surface area contributed by atoms with Crippen LogP contribution in [-0.2, 0) is 6.42 Å². The summed E-state index contributed by atoms with van der Waals surface area (Å²) in [5, 5.41) is 2.74. The summed E-state index contributed by atoms with van der Waals surface area (Å²) in [5.74, 6) is 2.06. The molecule has 25 heavy (non-hydrogen) atoms. The Kier molecular flexibility index (Phi) is 4.30. The molecule has 124 valence electrons. The zero-order chi connectivity index (χ0) is 17.1. The Morgan fingerprint density at radius 3 is 3.00 bits per heavy atom. The van der Waals surface area contributed by atoms with Crippen LogP contribution in [0, 0.1) is 0 Å². The largest absolute Gasteiger partial charge is 0.439 e. The van der Waals surface area contributed by atoms with E-state index in [2.05, 4.69) is 20.3 Å². The molecule has 0 bridgehead atoms. The summed E-state index contributed by atoms with van der Waals surface area (Å²) in [6.45, 7) is 0. The molecule has 0 aliphatic carbocycles. The van der Waals surface area contributed by atoms with Gasteiger partial charge < -0.3 is 4.74 Å². The third kappa shape index (κ3) is 3.61. The van der Waals surface area contributed by atoms with Gasteiger partial charge in [-0.05, 0) is 24.3 Å². The summed E-state index contributed by atoms with van der Waals surface area (Å²) in [7, 11) is 0. The van der Waals surface area contributed by atoms with E-state index in [4.69, 9.17) is 4.74 Å². The van der Waals surface area contributed by atoms with Crippen molar-refractivity contribution in [1.29, 1.82) is 0 Å². The number of nitrogens with one attached hydrogen (secondary N) is 1. The first kappa shape index (κ1) is 15.6. The molecule has 1 amide bonds. The van der Waals surface area contributed by atoms with Crippen LogP contribution in [0.25, 0.3) is 0 Å². The van der Waals surface area contributed by atoms with Crippen molar-refractivity contribution < 1.29 is 9.53 Å². The average molecular weight is 350 g/mol. The summed E-state index contributed by atoms with van der Waals surface area (Å²) in [4.78, 5) is 26.2. The smallest absolute Gasteiger partial charge is 0.258 e. The lowest BCUT2D eigenvalue weighted by Gasteiger charge is -2.08. The number of aromatic nitrogens is 3. The highest BCUT2D eigenvalue weighted by Gasteiger charge is 2.16. The second kappa shape index (κ2) is 6.90. The van der Waals surface area contributed by atoms with Gasteiger partial charge in [0.1, 0.15) is 5.75 Å². The molecule has 0 radical (unpaired) electrons. The summed E-state index contributed by atoms with van der Waals surface area (Å²) in [6, 6.07) is 12.3. The van der Waals surface area contributed by atoms with Gasteiger partial charge in [0.15, 0.2) is 0 Å². The van der Waals surface area contributed by atoms with Gasteiger partial charge in [0.2, 0.25) is 11.8 Å². The number of carbonyl (C=O) groups is 1. The van der Waals surface area contributed by atoms with E-state index in [0.29, 0.717) is 23.1 Å². The van der Waals surface area contributed by atoms with Crippen LogP contribution >= 0.6 is 11.8 Å². The predicted molar refractivity (Wildman–Crippen MR) is 95.2 cm³/mol. The number of pyridine rings is 1. The molecule has 1 aliphatic heterocycles. The number of carbonyl (C=O) groups excluding carboxylic acids is 1. The number of aryl methyl sites for hydroxylation is 1. The van der Waals surface area contributed by atoms with Gasteiger partial charge in [-0.2, -0.15) is 0 Å². The second-order valence-electron chi connectivity index (χ2n) is 5.36. The Morgan fingerprint density at radius 1 is 1.16 bits per heavy atom. The van der Waals surface area contributed by atoms with Crippen molar-refractivity contribution in [3.63, 3.8) is 0 Å². The fraction of sp³-hybridized carbons (Fsp3) is 0.111. The molecule has 1 N–H and O–H groups in total. The monoisotopic (exact) mass is 350 g/mol. The van der Waals surface area contributed by atoms with Crippen LogP contribution in [-0.4, -0.2) is 26.6 Å². The first-order chi connectivity index (χ1) is 12.3. The Morgan fingerprint density at radius 2 is 2.12 bits per heavy atom. The van der Waals surface area contributed by atoms with Crippen LogP contribution in [0.4, 0.5) is 5.95 Å². The maximum Gasteiger partial charge on any atom is 0.258 e. The number of hydrogen-bond donors (Lipinski definition) is 1. The van der Waals surface area contributed by atoms with Crippen molar-refractivity contribution in [3.05, 3.63) is 66.1 Å². The summed E-state index contributed by atoms with van der Waals surface area (Å²) >= 11 is 1.73. The van der Waals surface area contributed by atoms with E-state index >= 15 is 0 Å². The number of benzene rings is 1. The van der Waals surface area contributed by atoms with E-state index in [0.717, 1.165) is 22.8 Å². The van der Waals surface area contributed by atoms with E-state index < -0.39 is 0 Å². The summed E-state index contributed by atoms with van der Waals surface area (Å²) in [6.07, 6.45) is 4.31. The number of hydrogen-bond acceptors (Lipinski definition) is 6. The van der Waals surface area contributed by atoms with Crippen molar-refractivity contribution in [2.75, 3.05) is 11.1 Å². The van der Waals surface area contributed by atoms with Crippen LogP contribution in [0.3, 0.4) is 0 Å². The number of amides is 1. The van der Waals surface area contributed by atoms with E-state index in [1.165, 1.54) is 0 Å². The van der Waals surface area contributed by atoms with E-state index in [9.17, 15) is 4.79 Å². The third-order valence-electron chi connectivity index (χ3n) is 3.61. The first-order valence-electron chi connectivity index (χ1n) is 7.77. The van der Waals surface area contributed by atoms with Crippen LogP contribution in [0.15, 0.2) is 59.8 Å². The topological polar surface area (TPSA) is 77.0 Å². The number of fused-ring (bicyclic) bond motifs is 1. The number of anilines is 1. The van der Waals surface area contributed by atoms with E-state index in [1.54, 1.807) is 54.5 Å². The summed E-state index contributed by atoms with van der Waals surface area (Å²) < 4.78 is 5.65. The molecule has 0 saturated carbocycles. The van der Waals surface area contributed by atoms with Gasteiger partial charge in [-0.25, -0.2) is 15.0 Å². The van der Waals surface area contributed by atoms with Crippen molar-refractivity contribution >= 4 is 23.6 Å². The molecule has 0 unspecified atom stereocenters. The lowest BCUT2D eigenvalue weighted by atomic mass is 10.2. The second-order valence-corrected chi connectivity index (χ2v) is 6.49. The minimum atomic E-state index is -0.280. The minimum absolute atomic E-state index is 0.280. The first-order valence-corrected chi connectivity index (χ1v) is 8.75. The molecule has 0 fully saturated rings. The molecular weight excluding hydrogens is 336 g/mol. The fourth-order valence-electron chi connectivity index (χ4n) is 2.43. The minimum Gasteiger partial charge on any atom is -0.439 e.